The van der Waals surface area contributed by atoms with Crippen molar-refractivity contribution in [3.8, 4) is 0 Å². The maximum absolute atomic E-state index is 4.76. The first kappa shape index (κ1) is 15.9. The van der Waals surface area contributed by atoms with E-state index in [1.165, 1.54) is 19.3 Å². The van der Waals surface area contributed by atoms with Gasteiger partial charge in [-0.1, -0.05) is 12.1 Å². The summed E-state index contributed by atoms with van der Waals surface area (Å²) in [5, 5.41) is 0. The molecule has 0 amide bonds. The van der Waals surface area contributed by atoms with Crippen LogP contribution in [0.25, 0.3) is 11.0 Å². The van der Waals surface area contributed by atoms with Gasteiger partial charge in [0.2, 0.25) is 0 Å². The number of hydrogen-bond acceptors (Lipinski definition) is 5. The number of nitrogens with zero attached hydrogens (tertiary/aromatic N) is 6. The Morgan fingerprint density at radius 3 is 2.68 bits per heavy atom. The molecule has 0 spiro atoms. The zero-order chi connectivity index (χ0) is 17.2. The Bertz CT molecular complexity index is 865. The second kappa shape index (κ2) is 6.70. The lowest BCUT2D eigenvalue weighted by molar-refractivity contribution is 0.573. The largest absolute Gasteiger partial charge is 0.356 e. The van der Waals surface area contributed by atoms with Gasteiger partial charge >= 0.3 is 0 Å². The van der Waals surface area contributed by atoms with Crippen molar-refractivity contribution in [2.24, 2.45) is 7.05 Å². The van der Waals surface area contributed by atoms with Crippen molar-refractivity contribution in [2.75, 3.05) is 29.9 Å². The van der Waals surface area contributed by atoms with Gasteiger partial charge in [0.05, 0.1) is 17.6 Å². The Hall–Kier alpha value is -2.63. The van der Waals surface area contributed by atoms with Crippen molar-refractivity contribution in [3.63, 3.8) is 0 Å². The summed E-state index contributed by atoms with van der Waals surface area (Å²) in [5.41, 5.74) is 2.19. The molecule has 0 N–H and O–H groups in total. The molecule has 1 aliphatic heterocycles. The van der Waals surface area contributed by atoms with E-state index >= 15 is 0 Å². The number of hydrogen-bond donors (Lipinski definition) is 0. The highest BCUT2D eigenvalue weighted by Gasteiger charge is 2.15. The molecule has 1 saturated heterocycles. The molecule has 6 heteroatoms. The van der Waals surface area contributed by atoms with Crippen molar-refractivity contribution in [3.05, 3.63) is 42.5 Å². The molecule has 4 rings (SSSR count). The average Bonchev–Trinajstić information content (AvgIpc) is 2.98. The summed E-state index contributed by atoms with van der Waals surface area (Å²) in [7, 11) is 4.12. The maximum Gasteiger partial charge on any atom is 0.134 e. The lowest BCUT2D eigenvalue weighted by Crippen LogP contribution is -2.30. The van der Waals surface area contributed by atoms with Crippen LogP contribution in [0.15, 0.2) is 36.7 Å². The second-order valence-corrected chi connectivity index (χ2v) is 6.71. The van der Waals surface area contributed by atoms with E-state index in [0.29, 0.717) is 6.54 Å². The summed E-state index contributed by atoms with van der Waals surface area (Å²) in [5.74, 6) is 2.99. The molecular weight excluding hydrogens is 312 g/mol. The lowest BCUT2D eigenvalue weighted by atomic mass is 10.1. The standard InChI is InChI=1S/C19H24N6/c1-23(13-19-22-15-8-4-5-9-16(15)24(19)2)17-12-18(21-14-20-17)25-10-6-3-7-11-25/h4-5,8-9,12,14H,3,6-7,10-11,13H2,1-2H3. The van der Waals surface area contributed by atoms with Crippen LogP contribution in [0, 0.1) is 0 Å². The van der Waals surface area contributed by atoms with Gasteiger partial charge < -0.3 is 14.4 Å². The van der Waals surface area contributed by atoms with Crippen LogP contribution in [0.4, 0.5) is 11.6 Å². The van der Waals surface area contributed by atoms with E-state index in [0.717, 1.165) is 41.6 Å². The van der Waals surface area contributed by atoms with Gasteiger partial charge in [-0.15, -0.1) is 0 Å². The molecule has 6 nitrogen and oxygen atoms in total. The number of para-hydroxylation sites is 2. The minimum atomic E-state index is 0.710. The molecule has 130 valence electrons. The Kier molecular flexibility index (Phi) is 4.26. The molecule has 3 aromatic rings. The third-order valence-corrected chi connectivity index (χ3v) is 4.97. The lowest BCUT2D eigenvalue weighted by Gasteiger charge is -2.28. The van der Waals surface area contributed by atoms with Crippen LogP contribution in [0.5, 0.6) is 0 Å². The van der Waals surface area contributed by atoms with Crippen molar-refractivity contribution >= 4 is 22.7 Å². The number of fused-ring (bicyclic) bond motifs is 1. The van der Waals surface area contributed by atoms with Crippen LogP contribution >= 0.6 is 0 Å². The summed E-state index contributed by atoms with van der Waals surface area (Å²) in [6.07, 6.45) is 5.48. The predicted octanol–water partition coefficient (Wildman–Crippen LogP) is 2.99. The van der Waals surface area contributed by atoms with Gasteiger partial charge in [0, 0.05) is 33.3 Å². The Balaban J connectivity index is 1.56. The van der Waals surface area contributed by atoms with Crippen LogP contribution in [-0.4, -0.2) is 39.7 Å². The maximum atomic E-state index is 4.76. The van der Waals surface area contributed by atoms with Gasteiger partial charge in [-0.05, 0) is 31.4 Å². The monoisotopic (exact) mass is 336 g/mol. The van der Waals surface area contributed by atoms with E-state index in [1.54, 1.807) is 6.33 Å². The quantitative estimate of drug-likeness (QED) is 0.733. The van der Waals surface area contributed by atoms with Gasteiger partial charge in [-0.3, -0.25) is 0 Å². The smallest absolute Gasteiger partial charge is 0.134 e. The number of anilines is 2. The van der Waals surface area contributed by atoms with Crippen LogP contribution in [-0.2, 0) is 13.6 Å². The van der Waals surface area contributed by atoms with Crippen molar-refractivity contribution in [1.82, 2.24) is 19.5 Å². The molecule has 1 aromatic carbocycles. The number of imidazole rings is 1. The fourth-order valence-corrected chi connectivity index (χ4v) is 3.47. The Morgan fingerprint density at radius 2 is 1.88 bits per heavy atom. The zero-order valence-electron chi connectivity index (χ0n) is 14.9. The van der Waals surface area contributed by atoms with E-state index in [4.69, 9.17) is 4.98 Å². The molecule has 0 unspecified atom stereocenters. The molecule has 0 aliphatic carbocycles. The van der Waals surface area contributed by atoms with E-state index in [9.17, 15) is 0 Å². The van der Waals surface area contributed by atoms with Crippen LogP contribution < -0.4 is 9.80 Å². The topological polar surface area (TPSA) is 50.1 Å². The van der Waals surface area contributed by atoms with Crippen LogP contribution in [0.2, 0.25) is 0 Å². The summed E-state index contributed by atoms with van der Waals surface area (Å²) in [6, 6.07) is 10.3. The van der Waals surface area contributed by atoms with Gasteiger partial charge in [0.15, 0.2) is 0 Å². The Morgan fingerprint density at radius 1 is 1.08 bits per heavy atom. The van der Waals surface area contributed by atoms with E-state index in [1.807, 2.05) is 12.1 Å². The molecule has 1 fully saturated rings. The highest BCUT2D eigenvalue weighted by atomic mass is 15.2. The fraction of sp³-hybridized carbons (Fsp3) is 0.421. The number of rotatable bonds is 4. The second-order valence-electron chi connectivity index (χ2n) is 6.71. The van der Waals surface area contributed by atoms with Gasteiger partial charge in [0.1, 0.15) is 23.8 Å². The van der Waals surface area contributed by atoms with Crippen molar-refractivity contribution in [1.29, 1.82) is 0 Å². The SMILES string of the molecule is CN(Cc1nc2ccccc2n1C)c1cc(N2CCCCC2)ncn1. The molecule has 0 radical (unpaired) electrons. The normalized spacial score (nSPS) is 14.9. The van der Waals surface area contributed by atoms with E-state index < -0.39 is 0 Å². The summed E-state index contributed by atoms with van der Waals surface area (Å²) < 4.78 is 2.15. The predicted molar refractivity (Wildman–Crippen MR) is 101 cm³/mol. The molecule has 1 aliphatic rings. The van der Waals surface area contributed by atoms with Crippen molar-refractivity contribution < 1.29 is 0 Å². The first-order valence-electron chi connectivity index (χ1n) is 8.91. The number of aromatic nitrogens is 4. The highest BCUT2D eigenvalue weighted by molar-refractivity contribution is 5.75. The molecule has 2 aromatic heterocycles. The van der Waals surface area contributed by atoms with Crippen LogP contribution in [0.1, 0.15) is 25.1 Å². The van der Waals surface area contributed by atoms with E-state index in [-0.39, 0.29) is 0 Å². The number of benzene rings is 1. The molecule has 3 heterocycles. The molecule has 0 bridgehead atoms. The minimum absolute atomic E-state index is 0.710. The zero-order valence-corrected chi connectivity index (χ0v) is 14.9. The number of piperidine rings is 1. The average molecular weight is 336 g/mol. The fourth-order valence-electron chi connectivity index (χ4n) is 3.47. The number of aryl methyl sites for hydroxylation is 1. The highest BCUT2D eigenvalue weighted by Crippen LogP contribution is 2.22. The molecule has 0 atom stereocenters. The first-order chi connectivity index (χ1) is 12.2. The minimum Gasteiger partial charge on any atom is -0.356 e. The molecular formula is C19H24N6. The first-order valence-corrected chi connectivity index (χ1v) is 8.91. The summed E-state index contributed by atoms with van der Waals surface area (Å²) in [4.78, 5) is 18.2. The summed E-state index contributed by atoms with van der Waals surface area (Å²) >= 11 is 0. The molecule has 0 saturated carbocycles. The third-order valence-electron chi connectivity index (χ3n) is 4.97. The Labute approximate surface area is 148 Å². The van der Waals surface area contributed by atoms with Crippen molar-refractivity contribution in [2.45, 2.75) is 25.8 Å². The summed E-state index contributed by atoms with van der Waals surface area (Å²) in [6.45, 7) is 2.89. The van der Waals surface area contributed by atoms with Crippen LogP contribution in [0.3, 0.4) is 0 Å². The van der Waals surface area contributed by atoms with Gasteiger partial charge in [0.25, 0.3) is 0 Å². The third kappa shape index (κ3) is 3.16. The van der Waals surface area contributed by atoms with Gasteiger partial charge in [-0.2, -0.15) is 0 Å². The molecule has 25 heavy (non-hydrogen) atoms. The van der Waals surface area contributed by atoms with E-state index in [2.05, 4.69) is 56.6 Å². The van der Waals surface area contributed by atoms with Gasteiger partial charge in [-0.25, -0.2) is 15.0 Å².